The summed E-state index contributed by atoms with van der Waals surface area (Å²) >= 11 is 3.21. The molecule has 0 unspecified atom stereocenters. The van der Waals surface area contributed by atoms with Crippen LogP contribution in [0.5, 0.6) is 0 Å². The molecule has 2 aromatic rings. The zero-order chi connectivity index (χ0) is 11.5. The quantitative estimate of drug-likeness (QED) is 0.840. The van der Waals surface area contributed by atoms with Crippen LogP contribution in [0.2, 0.25) is 0 Å². The molecule has 2 rings (SSSR count). The number of halogens is 1. The van der Waals surface area contributed by atoms with Crippen molar-refractivity contribution in [3.63, 3.8) is 0 Å². The fourth-order valence-electron chi connectivity index (χ4n) is 1.22. The minimum atomic E-state index is -0.305. The number of furan rings is 1. The van der Waals surface area contributed by atoms with Crippen LogP contribution in [0.4, 0.5) is 0 Å². The average molecular weight is 285 g/mol. The molecule has 0 saturated carbocycles. The van der Waals surface area contributed by atoms with Crippen LogP contribution in [-0.4, -0.2) is 27.3 Å². The second-order valence-corrected chi connectivity index (χ2v) is 3.94. The molecule has 0 aliphatic heterocycles. The molecule has 0 radical (unpaired) electrons. The van der Waals surface area contributed by atoms with E-state index in [1.807, 2.05) is 0 Å². The van der Waals surface area contributed by atoms with Gasteiger partial charge in [0.25, 0.3) is 5.78 Å². The lowest BCUT2D eigenvalue weighted by Crippen LogP contribution is -2.10. The van der Waals surface area contributed by atoms with Crippen molar-refractivity contribution in [2.75, 3.05) is 6.54 Å². The van der Waals surface area contributed by atoms with E-state index in [-0.39, 0.29) is 17.2 Å². The van der Waals surface area contributed by atoms with Gasteiger partial charge in [-0.3, -0.25) is 9.48 Å². The van der Waals surface area contributed by atoms with Crippen molar-refractivity contribution in [1.29, 1.82) is 0 Å². The number of rotatable bonds is 4. The zero-order valence-corrected chi connectivity index (χ0v) is 9.85. The van der Waals surface area contributed by atoms with Gasteiger partial charge < -0.3 is 10.2 Å². The predicted molar refractivity (Wildman–Crippen MR) is 58.9 cm³/mol. The highest BCUT2D eigenvalue weighted by Gasteiger charge is 2.19. The highest BCUT2D eigenvalue weighted by atomic mass is 79.9. The van der Waals surface area contributed by atoms with Crippen molar-refractivity contribution < 1.29 is 9.21 Å². The van der Waals surface area contributed by atoms with Crippen molar-refractivity contribution >= 4 is 21.7 Å². The first-order valence-electron chi connectivity index (χ1n) is 4.60. The molecule has 0 saturated heterocycles. The van der Waals surface area contributed by atoms with Crippen LogP contribution in [0.3, 0.4) is 0 Å². The van der Waals surface area contributed by atoms with Gasteiger partial charge in [0.05, 0.1) is 23.5 Å². The molecule has 6 nitrogen and oxygen atoms in total. The molecule has 2 aromatic heterocycles. The van der Waals surface area contributed by atoms with E-state index in [1.165, 1.54) is 10.9 Å². The fraction of sp³-hybridized carbons (Fsp3) is 0.222. The Bertz CT molecular complexity index is 505. The topological polar surface area (TPSA) is 86.9 Å². The molecule has 2 heterocycles. The van der Waals surface area contributed by atoms with E-state index in [9.17, 15) is 4.79 Å². The van der Waals surface area contributed by atoms with Gasteiger partial charge in [-0.2, -0.15) is 0 Å². The summed E-state index contributed by atoms with van der Waals surface area (Å²) in [7, 11) is 0. The number of ketones is 1. The van der Waals surface area contributed by atoms with Crippen molar-refractivity contribution in [1.82, 2.24) is 15.0 Å². The maximum Gasteiger partial charge on any atom is 0.251 e. The maximum absolute atomic E-state index is 11.9. The highest BCUT2D eigenvalue weighted by Crippen LogP contribution is 2.19. The molecule has 84 valence electrons. The number of nitrogens with zero attached hydrogens (tertiary/aromatic N) is 3. The molecule has 0 amide bonds. The molecular formula is C9H9BrN4O2. The summed E-state index contributed by atoms with van der Waals surface area (Å²) in [6.45, 7) is 0.973. The Morgan fingerprint density at radius 1 is 1.62 bits per heavy atom. The SMILES string of the molecule is NCCn1cc(C(=O)c2occc2Br)nn1. The maximum atomic E-state index is 11.9. The van der Waals surface area contributed by atoms with Gasteiger partial charge in [-0.1, -0.05) is 5.21 Å². The van der Waals surface area contributed by atoms with Gasteiger partial charge in [-0.05, 0) is 22.0 Å². The second kappa shape index (κ2) is 4.58. The minimum absolute atomic E-state index is 0.222. The highest BCUT2D eigenvalue weighted by molar-refractivity contribution is 9.10. The first-order valence-corrected chi connectivity index (χ1v) is 5.39. The molecule has 0 aliphatic rings. The van der Waals surface area contributed by atoms with Crippen molar-refractivity contribution in [2.24, 2.45) is 5.73 Å². The molecule has 0 atom stereocenters. The molecule has 16 heavy (non-hydrogen) atoms. The Balaban J connectivity index is 2.24. The average Bonchev–Trinajstić information content (AvgIpc) is 2.87. The van der Waals surface area contributed by atoms with Crippen LogP contribution in [0.1, 0.15) is 16.2 Å². The van der Waals surface area contributed by atoms with Crippen molar-refractivity contribution in [3.05, 3.63) is 34.5 Å². The van der Waals surface area contributed by atoms with Gasteiger partial charge in [0.15, 0.2) is 11.5 Å². The van der Waals surface area contributed by atoms with Gasteiger partial charge in [0.2, 0.25) is 0 Å². The van der Waals surface area contributed by atoms with Crippen LogP contribution in [0.15, 0.2) is 27.4 Å². The smallest absolute Gasteiger partial charge is 0.251 e. The van der Waals surface area contributed by atoms with Crippen LogP contribution in [0.25, 0.3) is 0 Å². The summed E-state index contributed by atoms with van der Waals surface area (Å²) in [5.41, 5.74) is 5.60. The summed E-state index contributed by atoms with van der Waals surface area (Å²) in [6, 6.07) is 1.65. The van der Waals surface area contributed by atoms with Gasteiger partial charge >= 0.3 is 0 Å². The summed E-state index contributed by atoms with van der Waals surface area (Å²) in [6.07, 6.45) is 2.98. The third-order valence-corrected chi connectivity index (χ3v) is 2.58. The van der Waals surface area contributed by atoms with E-state index in [1.54, 1.807) is 12.3 Å². The molecular weight excluding hydrogens is 276 g/mol. The van der Waals surface area contributed by atoms with Crippen LogP contribution in [0, 0.1) is 0 Å². The van der Waals surface area contributed by atoms with E-state index in [4.69, 9.17) is 10.2 Å². The minimum Gasteiger partial charge on any atom is -0.460 e. The number of carbonyl (C=O) groups is 1. The normalized spacial score (nSPS) is 10.6. The largest absolute Gasteiger partial charge is 0.460 e. The standard InChI is InChI=1S/C9H9BrN4O2/c10-6-1-4-16-9(6)8(15)7-5-14(3-2-11)13-12-7/h1,4-5H,2-3,11H2. The summed E-state index contributed by atoms with van der Waals surface area (Å²) < 4.78 is 7.17. The van der Waals surface area contributed by atoms with Gasteiger partial charge in [-0.15, -0.1) is 5.10 Å². The molecule has 0 spiro atoms. The Kier molecular flexibility index (Phi) is 3.16. The molecule has 0 fully saturated rings. The molecule has 7 heteroatoms. The van der Waals surface area contributed by atoms with Gasteiger partial charge in [0, 0.05) is 6.54 Å². The number of hydrogen-bond donors (Lipinski definition) is 1. The van der Waals surface area contributed by atoms with Crippen molar-refractivity contribution in [3.8, 4) is 0 Å². The number of nitrogens with two attached hydrogens (primary N) is 1. The third-order valence-electron chi connectivity index (χ3n) is 1.95. The Labute approximate surface area is 99.5 Å². The zero-order valence-electron chi connectivity index (χ0n) is 8.26. The fourth-order valence-corrected chi connectivity index (χ4v) is 1.60. The third kappa shape index (κ3) is 2.05. The summed E-state index contributed by atoms with van der Waals surface area (Å²) in [4.78, 5) is 11.9. The second-order valence-electron chi connectivity index (χ2n) is 3.08. The van der Waals surface area contributed by atoms with Crippen molar-refractivity contribution in [2.45, 2.75) is 6.54 Å². The first kappa shape index (κ1) is 11.0. The van der Waals surface area contributed by atoms with Crippen LogP contribution < -0.4 is 5.73 Å². The summed E-state index contributed by atoms with van der Waals surface area (Å²) in [5, 5.41) is 7.53. The van der Waals surface area contributed by atoms with E-state index in [2.05, 4.69) is 26.2 Å². The molecule has 2 N–H and O–H groups in total. The number of aromatic nitrogens is 3. The Morgan fingerprint density at radius 2 is 2.44 bits per heavy atom. The predicted octanol–water partition coefficient (Wildman–Crippen LogP) is 0.823. The monoisotopic (exact) mass is 284 g/mol. The lowest BCUT2D eigenvalue weighted by molar-refractivity contribution is 0.100. The molecule has 0 aliphatic carbocycles. The lowest BCUT2D eigenvalue weighted by atomic mass is 10.2. The first-order chi connectivity index (χ1) is 7.72. The van der Waals surface area contributed by atoms with Gasteiger partial charge in [0.1, 0.15) is 0 Å². The lowest BCUT2D eigenvalue weighted by Gasteiger charge is -1.93. The van der Waals surface area contributed by atoms with Crippen LogP contribution in [-0.2, 0) is 6.54 Å². The van der Waals surface area contributed by atoms with E-state index < -0.39 is 0 Å². The van der Waals surface area contributed by atoms with E-state index in [0.29, 0.717) is 17.6 Å². The Morgan fingerprint density at radius 3 is 3.06 bits per heavy atom. The molecule has 0 aromatic carbocycles. The summed E-state index contributed by atoms with van der Waals surface area (Å²) in [5.74, 6) is -0.0834. The van der Waals surface area contributed by atoms with Crippen LogP contribution >= 0.6 is 15.9 Å². The Hall–Kier alpha value is -1.47. The van der Waals surface area contributed by atoms with E-state index >= 15 is 0 Å². The number of hydrogen-bond acceptors (Lipinski definition) is 5. The molecule has 0 bridgehead atoms. The number of carbonyl (C=O) groups excluding carboxylic acids is 1. The van der Waals surface area contributed by atoms with Gasteiger partial charge in [-0.25, -0.2) is 0 Å². The van der Waals surface area contributed by atoms with E-state index in [0.717, 1.165) is 0 Å².